The van der Waals surface area contributed by atoms with E-state index in [9.17, 15) is 27.6 Å². The van der Waals surface area contributed by atoms with E-state index < -0.39 is 16.6 Å². The quantitative estimate of drug-likeness (QED) is 0.0660. The van der Waals surface area contributed by atoms with Crippen LogP contribution in [0.4, 0.5) is 41.9 Å². The molecule has 9 aromatic rings. The first-order valence-corrected chi connectivity index (χ1v) is 34.3. The molecule has 17 rings (SSSR count). The number of benzene rings is 3. The summed E-state index contributed by atoms with van der Waals surface area (Å²) in [5.41, 5.74) is 9.11. The van der Waals surface area contributed by atoms with Gasteiger partial charge in [0.2, 0.25) is 0 Å². The van der Waals surface area contributed by atoms with Crippen LogP contribution in [0, 0.1) is 73.7 Å². The molecule has 3 amide bonds. The molecule has 3 aromatic carbocycles. The Morgan fingerprint density at radius 1 is 0.510 bits per heavy atom. The summed E-state index contributed by atoms with van der Waals surface area (Å²) in [6.45, 7) is 14.7. The predicted molar refractivity (Wildman–Crippen MR) is 368 cm³/mol. The first kappa shape index (κ1) is 65.8. The van der Waals surface area contributed by atoms with Crippen molar-refractivity contribution < 1.29 is 27.6 Å². The van der Waals surface area contributed by atoms with Crippen LogP contribution in [0.25, 0.3) is 0 Å². The van der Waals surface area contributed by atoms with Crippen LogP contribution in [0.15, 0.2) is 146 Å². The molecule has 5 aliphatic carbocycles. The summed E-state index contributed by atoms with van der Waals surface area (Å²) in [7, 11) is 0. The second-order valence-corrected chi connectivity index (χ2v) is 28.1. The van der Waals surface area contributed by atoms with Gasteiger partial charge in [-0.1, -0.05) is 32.4 Å². The number of carbonyl (C=O) groups is 3. The molecule has 502 valence electrons. The van der Waals surface area contributed by atoms with E-state index in [1.807, 2.05) is 44.2 Å². The Balaban J connectivity index is 0.000000120. The van der Waals surface area contributed by atoms with Crippen molar-refractivity contribution in [3.05, 3.63) is 237 Å². The number of alkyl halides is 1. The summed E-state index contributed by atoms with van der Waals surface area (Å²) in [5, 5.41) is 13.5. The van der Waals surface area contributed by atoms with Crippen LogP contribution in [0.3, 0.4) is 0 Å². The van der Waals surface area contributed by atoms with Gasteiger partial charge in [0.1, 0.15) is 51.7 Å². The van der Waals surface area contributed by atoms with Crippen molar-refractivity contribution >= 4 is 69.6 Å². The SMILES string of the molecule is CC1CC1(NC(=O)c1ccc(F)cc1)c1ccc2c(n1)C1CC1CN2.Cc1nccc(Cl)n1.Cc1nccc(N2CC(CCl)Cc3nc(C4(NC(=O)c5ccc(F)cc5)CC4C)ccc32)n1.Cc1nccc(N2CC3CC3c3nc(C4(NC(=O)c5ccc(F)cc5)CC4C)ccc32)n1. The molecule has 23 heteroatoms. The predicted octanol–water partition coefficient (Wildman–Crippen LogP) is 13.6. The highest BCUT2D eigenvalue weighted by Gasteiger charge is 2.58. The minimum atomic E-state index is -0.523. The highest BCUT2D eigenvalue weighted by Crippen LogP contribution is 2.59. The molecule has 11 atom stereocenters. The fraction of sp³-hybridized carbons (Fsp3) is 0.360. The average Bonchev–Trinajstić information content (AvgIpc) is 1.58. The minimum Gasteiger partial charge on any atom is -0.383 e. The summed E-state index contributed by atoms with van der Waals surface area (Å²) in [6.07, 6.45) is 10.8. The Labute approximate surface area is 576 Å². The Bertz CT molecular complexity index is 4520. The van der Waals surface area contributed by atoms with Crippen molar-refractivity contribution in [2.75, 3.05) is 40.6 Å². The van der Waals surface area contributed by atoms with Crippen molar-refractivity contribution in [1.82, 2.24) is 60.8 Å². The lowest BCUT2D eigenvalue weighted by atomic mass is 9.96. The van der Waals surface area contributed by atoms with Crippen molar-refractivity contribution in [3.63, 3.8) is 0 Å². The zero-order valence-corrected chi connectivity index (χ0v) is 56.6. The van der Waals surface area contributed by atoms with E-state index >= 15 is 0 Å². The molecule has 8 aliphatic rings. The Morgan fingerprint density at radius 3 is 1.38 bits per heavy atom. The monoisotopic (exact) mass is 1360 g/mol. The van der Waals surface area contributed by atoms with Crippen molar-refractivity contribution in [1.29, 1.82) is 0 Å². The number of hydrogen-bond donors (Lipinski definition) is 4. The maximum atomic E-state index is 13.3. The van der Waals surface area contributed by atoms with E-state index in [1.165, 1.54) is 79.2 Å². The zero-order chi connectivity index (χ0) is 68.4. The van der Waals surface area contributed by atoms with Gasteiger partial charge in [-0.3, -0.25) is 29.3 Å². The number of aryl methyl sites for hydroxylation is 3. The van der Waals surface area contributed by atoms with Gasteiger partial charge in [0.15, 0.2) is 0 Å². The summed E-state index contributed by atoms with van der Waals surface area (Å²) < 4.78 is 39.6. The first-order valence-electron chi connectivity index (χ1n) is 33.4. The normalized spacial score (nSPS) is 25.7. The van der Waals surface area contributed by atoms with Crippen LogP contribution < -0.4 is 31.1 Å². The van der Waals surface area contributed by atoms with Gasteiger partial charge >= 0.3 is 0 Å². The van der Waals surface area contributed by atoms with E-state index in [0.717, 1.165) is 126 Å². The van der Waals surface area contributed by atoms with Crippen LogP contribution in [-0.2, 0) is 23.0 Å². The number of nitrogens with zero attached hydrogens (tertiary/aromatic N) is 11. The third-order valence-corrected chi connectivity index (χ3v) is 21.1. The van der Waals surface area contributed by atoms with Crippen LogP contribution >= 0.6 is 23.2 Å². The van der Waals surface area contributed by atoms with Gasteiger partial charge in [0.25, 0.3) is 17.7 Å². The number of carbonyl (C=O) groups excluding carboxylic acids is 3. The molecule has 4 N–H and O–H groups in total. The maximum absolute atomic E-state index is 13.3. The second kappa shape index (κ2) is 26.4. The molecule has 0 radical (unpaired) electrons. The number of aromatic nitrogens is 9. The van der Waals surface area contributed by atoms with Crippen LogP contribution in [0.5, 0.6) is 0 Å². The number of fused-ring (bicyclic) bond motifs is 7. The van der Waals surface area contributed by atoms with Crippen LogP contribution in [0.1, 0.15) is 147 Å². The molecule has 0 spiro atoms. The summed E-state index contributed by atoms with van der Waals surface area (Å²) in [4.78, 5) is 83.2. The van der Waals surface area contributed by atoms with Gasteiger partial charge in [-0.2, -0.15) is 0 Å². The number of anilines is 5. The van der Waals surface area contributed by atoms with Gasteiger partial charge < -0.3 is 31.1 Å². The average molecular weight is 1360 g/mol. The van der Waals surface area contributed by atoms with Gasteiger partial charge in [-0.05, 0) is 222 Å². The molecular weight excluding hydrogens is 1290 g/mol. The third kappa shape index (κ3) is 13.5. The van der Waals surface area contributed by atoms with Gasteiger partial charge in [0.05, 0.1) is 67.8 Å². The molecule has 18 nitrogen and oxygen atoms in total. The number of halogens is 5. The summed E-state index contributed by atoms with van der Waals surface area (Å²) in [5.74, 6) is 6.23. The largest absolute Gasteiger partial charge is 0.383 e. The highest BCUT2D eigenvalue weighted by atomic mass is 35.5. The lowest BCUT2D eigenvalue weighted by Gasteiger charge is -2.34. The van der Waals surface area contributed by atoms with Gasteiger partial charge in [-0.15, -0.1) is 11.6 Å². The van der Waals surface area contributed by atoms with Crippen LogP contribution in [-0.4, -0.2) is 88.1 Å². The van der Waals surface area contributed by atoms with E-state index in [-0.39, 0.29) is 52.9 Å². The second-order valence-electron chi connectivity index (χ2n) is 27.4. The molecule has 6 aromatic heterocycles. The molecular formula is C75H74Cl2F3N15O3. The molecule has 0 saturated heterocycles. The van der Waals surface area contributed by atoms with E-state index in [0.29, 0.717) is 63.0 Å². The molecule has 0 bridgehead atoms. The van der Waals surface area contributed by atoms with Crippen LogP contribution in [0.2, 0.25) is 5.15 Å². The Hall–Kier alpha value is -9.47. The topological polar surface area (TPSA) is 222 Å². The van der Waals surface area contributed by atoms with E-state index in [4.69, 9.17) is 38.2 Å². The van der Waals surface area contributed by atoms with Crippen molar-refractivity contribution in [2.24, 2.45) is 35.5 Å². The number of nitrogens with one attached hydrogen (secondary N) is 4. The Kier molecular flexibility index (Phi) is 17.7. The molecule has 98 heavy (non-hydrogen) atoms. The molecule has 5 saturated carbocycles. The number of hydrogen-bond acceptors (Lipinski definition) is 15. The molecule has 5 fully saturated rings. The standard InChI is InChI=1S/C25H25ClFN5O.C25H24FN5O.C20H20FN3O.C5H5ClN2/c1-15-12-25(15,31-24(33)18-3-5-19(27)6-4-18)22-8-7-21-20(30-22)11-17(13-26)14-32(21)23-9-10-28-16(2)29-23;1-14-12-25(14,30-24(32)16-3-5-18(26)6-4-16)21-8-7-20-23(29-21)19-11-17(19)13-31(20)22-9-10-27-15(2)28-22;1-11-9-20(11,24-19(25)12-2-4-14(21)5-3-12)17-7-6-16-18(23-17)15-8-13(15)10-22-16;1-4-7-3-2-5(6)8-4/h3-10,15,17H,11-14H2,1-2H3,(H,31,33);3-10,14,17,19H,11-13H2,1-2H3,(H,30,32);2-7,11,13,15,22H,8-10H2,1H3,(H,24,25);2-3H,1H3. The first-order chi connectivity index (χ1) is 47.2. The summed E-state index contributed by atoms with van der Waals surface area (Å²) in [6, 6.07) is 34.8. The molecule has 9 heterocycles. The third-order valence-electron chi connectivity index (χ3n) is 20.5. The van der Waals surface area contributed by atoms with Crippen molar-refractivity contribution in [2.45, 2.75) is 109 Å². The Morgan fingerprint density at radius 2 is 0.929 bits per heavy atom. The fourth-order valence-corrected chi connectivity index (χ4v) is 14.6. The number of amides is 3. The minimum absolute atomic E-state index is 0.175. The lowest BCUT2D eigenvalue weighted by molar-refractivity contribution is 0.0917. The van der Waals surface area contributed by atoms with E-state index in [2.05, 4.69) is 99.9 Å². The lowest BCUT2D eigenvalue weighted by Crippen LogP contribution is -2.38. The smallest absolute Gasteiger partial charge is 0.252 e. The van der Waals surface area contributed by atoms with Gasteiger partial charge in [0, 0.05) is 72.6 Å². The maximum Gasteiger partial charge on any atom is 0.252 e. The zero-order valence-electron chi connectivity index (χ0n) is 55.1. The van der Waals surface area contributed by atoms with Crippen molar-refractivity contribution in [3.8, 4) is 0 Å². The number of rotatable bonds is 12. The fourth-order valence-electron chi connectivity index (χ4n) is 14.2. The van der Waals surface area contributed by atoms with Gasteiger partial charge in [-0.25, -0.2) is 43.1 Å². The highest BCUT2D eigenvalue weighted by molar-refractivity contribution is 6.29. The molecule has 3 aliphatic heterocycles. The van der Waals surface area contributed by atoms with E-state index in [1.54, 1.807) is 31.6 Å². The number of pyridine rings is 3. The summed E-state index contributed by atoms with van der Waals surface area (Å²) >= 11 is 11.8. The molecule has 11 unspecified atom stereocenters.